The van der Waals surface area contributed by atoms with Crippen LogP contribution in [0.3, 0.4) is 0 Å². The molecule has 0 bridgehead atoms. The smallest absolute Gasteiger partial charge is 0.344 e. The van der Waals surface area contributed by atoms with E-state index in [1.54, 1.807) is 25.2 Å². The maximum absolute atomic E-state index is 12.0. The monoisotopic (exact) mass is 308 g/mol. The van der Waals surface area contributed by atoms with E-state index in [9.17, 15) is 9.59 Å². The van der Waals surface area contributed by atoms with Crippen molar-refractivity contribution in [3.63, 3.8) is 0 Å². The molecule has 1 N–H and O–H groups in total. The molecule has 0 fully saturated rings. The number of esters is 1. The van der Waals surface area contributed by atoms with Crippen LogP contribution >= 0.6 is 11.3 Å². The summed E-state index contributed by atoms with van der Waals surface area (Å²) in [6, 6.07) is 3.83. The van der Waals surface area contributed by atoms with E-state index in [0.717, 1.165) is 4.88 Å². The lowest BCUT2D eigenvalue weighted by atomic mass is 10.2. The minimum atomic E-state index is -0.883. The van der Waals surface area contributed by atoms with Gasteiger partial charge in [-0.05, 0) is 32.2 Å². The molecule has 112 valence electrons. The Kier molecular flexibility index (Phi) is 4.74. The maximum Gasteiger partial charge on any atom is 0.344 e. The summed E-state index contributed by atoms with van der Waals surface area (Å²) in [5, 5.41) is 8.34. The van der Waals surface area contributed by atoms with Gasteiger partial charge in [0.1, 0.15) is 11.3 Å². The molecule has 0 aliphatic heterocycles. The average Bonchev–Trinajstić information content (AvgIpc) is 3.06. The van der Waals surface area contributed by atoms with Crippen LogP contribution in [0.2, 0.25) is 0 Å². The Labute approximate surface area is 126 Å². The molecule has 1 amide bonds. The zero-order valence-corrected chi connectivity index (χ0v) is 12.8. The van der Waals surface area contributed by atoms with Crippen molar-refractivity contribution in [3.8, 4) is 0 Å². The normalized spacial score (nSPS) is 12.0. The van der Waals surface area contributed by atoms with Gasteiger partial charge in [-0.3, -0.25) is 4.79 Å². The first kappa shape index (κ1) is 15.2. The van der Waals surface area contributed by atoms with Gasteiger partial charge in [0.05, 0.1) is 12.2 Å². The predicted molar refractivity (Wildman–Crippen MR) is 77.0 cm³/mol. The molecule has 0 aliphatic rings. The highest BCUT2D eigenvalue weighted by molar-refractivity contribution is 7.09. The number of carbonyl (C=O) groups excluding carboxylic acids is 2. The summed E-state index contributed by atoms with van der Waals surface area (Å²) in [5.74, 6) is -0.572. The molecule has 2 rings (SSSR count). The summed E-state index contributed by atoms with van der Waals surface area (Å²) in [4.78, 5) is 24.9. The molecule has 21 heavy (non-hydrogen) atoms. The van der Waals surface area contributed by atoms with Gasteiger partial charge in [0.15, 0.2) is 6.10 Å². The molecule has 0 radical (unpaired) electrons. The molecule has 0 aromatic carbocycles. The van der Waals surface area contributed by atoms with E-state index in [2.05, 4.69) is 10.5 Å². The highest BCUT2D eigenvalue weighted by Crippen LogP contribution is 2.14. The quantitative estimate of drug-likeness (QED) is 0.856. The van der Waals surface area contributed by atoms with Crippen LogP contribution in [0.25, 0.3) is 0 Å². The molecule has 0 saturated heterocycles. The first-order valence-corrected chi connectivity index (χ1v) is 7.31. The van der Waals surface area contributed by atoms with Crippen LogP contribution in [0.4, 0.5) is 0 Å². The van der Waals surface area contributed by atoms with Crippen LogP contribution in [-0.2, 0) is 16.1 Å². The lowest BCUT2D eigenvalue weighted by Gasteiger charge is -2.12. The number of hydrogen-bond donors (Lipinski definition) is 1. The Morgan fingerprint density at radius 3 is 2.81 bits per heavy atom. The van der Waals surface area contributed by atoms with E-state index in [4.69, 9.17) is 9.26 Å². The molecular weight excluding hydrogens is 292 g/mol. The summed E-state index contributed by atoms with van der Waals surface area (Å²) in [6.07, 6.45) is -0.883. The fourth-order valence-corrected chi connectivity index (χ4v) is 2.42. The van der Waals surface area contributed by atoms with E-state index >= 15 is 0 Å². The highest BCUT2D eigenvalue weighted by atomic mass is 32.1. The third-order valence-corrected chi connectivity index (χ3v) is 3.78. The number of nitrogens with one attached hydrogen (secondary N) is 1. The minimum absolute atomic E-state index is 0.271. The summed E-state index contributed by atoms with van der Waals surface area (Å²) >= 11 is 1.55. The van der Waals surface area contributed by atoms with Crippen LogP contribution in [0, 0.1) is 13.8 Å². The van der Waals surface area contributed by atoms with E-state index < -0.39 is 12.1 Å². The summed E-state index contributed by atoms with van der Waals surface area (Å²) in [7, 11) is 0. The third kappa shape index (κ3) is 3.69. The molecule has 7 heteroatoms. The summed E-state index contributed by atoms with van der Waals surface area (Å²) < 4.78 is 10.0. The number of ether oxygens (including phenoxy) is 1. The molecule has 1 unspecified atom stereocenters. The van der Waals surface area contributed by atoms with Crippen molar-refractivity contribution in [2.75, 3.05) is 0 Å². The lowest BCUT2D eigenvalue weighted by molar-refractivity contribution is -0.129. The Bertz CT molecular complexity index is 614. The molecule has 2 aromatic rings. The third-order valence-electron chi connectivity index (χ3n) is 2.91. The van der Waals surface area contributed by atoms with Crippen LogP contribution in [0.1, 0.15) is 33.6 Å². The number of rotatable bonds is 5. The van der Waals surface area contributed by atoms with Crippen molar-refractivity contribution in [1.82, 2.24) is 10.5 Å². The Morgan fingerprint density at radius 1 is 1.48 bits per heavy atom. The fourth-order valence-electron chi connectivity index (χ4n) is 1.78. The van der Waals surface area contributed by atoms with E-state index in [-0.39, 0.29) is 11.5 Å². The molecular formula is C14H16N2O4S. The van der Waals surface area contributed by atoms with Gasteiger partial charge in [-0.25, -0.2) is 4.79 Å². The summed E-state index contributed by atoms with van der Waals surface area (Å²) in [6.45, 7) is 5.22. The maximum atomic E-state index is 12.0. The SMILES string of the molecule is Cc1noc(C)c1C(=O)OC(C)C(=O)NCc1cccs1. The Morgan fingerprint density at radius 2 is 2.24 bits per heavy atom. The number of nitrogens with zero attached hydrogens (tertiary/aromatic N) is 1. The van der Waals surface area contributed by atoms with Crippen LogP contribution < -0.4 is 5.32 Å². The van der Waals surface area contributed by atoms with E-state index in [1.165, 1.54) is 6.92 Å². The molecule has 0 spiro atoms. The van der Waals surface area contributed by atoms with Crippen molar-refractivity contribution in [3.05, 3.63) is 39.4 Å². The van der Waals surface area contributed by atoms with Crippen molar-refractivity contribution < 1.29 is 18.8 Å². The molecule has 0 saturated carbocycles. The fraction of sp³-hybridized carbons (Fsp3) is 0.357. The molecule has 1 atom stereocenters. The van der Waals surface area contributed by atoms with Gasteiger partial charge in [-0.1, -0.05) is 11.2 Å². The van der Waals surface area contributed by atoms with Gasteiger partial charge in [-0.15, -0.1) is 11.3 Å². The molecule has 2 aromatic heterocycles. The zero-order chi connectivity index (χ0) is 15.4. The average molecular weight is 308 g/mol. The largest absolute Gasteiger partial charge is 0.449 e. The molecule has 0 aliphatic carbocycles. The first-order valence-electron chi connectivity index (χ1n) is 6.43. The van der Waals surface area contributed by atoms with Gasteiger partial charge in [0.25, 0.3) is 5.91 Å². The second-order valence-corrected chi connectivity index (χ2v) is 5.58. The summed E-state index contributed by atoms with van der Waals surface area (Å²) in [5.41, 5.74) is 0.719. The van der Waals surface area contributed by atoms with E-state index in [1.807, 2.05) is 17.5 Å². The number of thiophene rings is 1. The highest BCUT2D eigenvalue weighted by Gasteiger charge is 2.24. The Balaban J connectivity index is 1.90. The Hall–Kier alpha value is -2.15. The van der Waals surface area contributed by atoms with E-state index in [0.29, 0.717) is 18.0 Å². The number of hydrogen-bond acceptors (Lipinski definition) is 6. The standard InChI is InChI=1S/C14H16N2O4S/c1-8-12(9(2)20-16-8)14(18)19-10(3)13(17)15-7-11-5-4-6-21-11/h4-6,10H,7H2,1-3H3,(H,15,17). The van der Waals surface area contributed by atoms with Crippen molar-refractivity contribution in [1.29, 1.82) is 0 Å². The van der Waals surface area contributed by atoms with Gasteiger partial charge in [-0.2, -0.15) is 0 Å². The van der Waals surface area contributed by atoms with Gasteiger partial charge in [0, 0.05) is 4.88 Å². The van der Waals surface area contributed by atoms with Crippen LogP contribution in [0.5, 0.6) is 0 Å². The number of aromatic nitrogens is 1. The molecule has 2 heterocycles. The topological polar surface area (TPSA) is 81.4 Å². The second-order valence-electron chi connectivity index (χ2n) is 4.54. The van der Waals surface area contributed by atoms with Crippen molar-refractivity contribution in [2.24, 2.45) is 0 Å². The van der Waals surface area contributed by atoms with Gasteiger partial charge >= 0.3 is 5.97 Å². The van der Waals surface area contributed by atoms with Crippen LogP contribution in [-0.4, -0.2) is 23.1 Å². The number of aryl methyl sites for hydroxylation is 2. The minimum Gasteiger partial charge on any atom is -0.449 e. The first-order chi connectivity index (χ1) is 9.99. The number of amides is 1. The predicted octanol–water partition coefficient (Wildman–Crippen LogP) is 2.21. The zero-order valence-electron chi connectivity index (χ0n) is 12.0. The molecule has 6 nitrogen and oxygen atoms in total. The van der Waals surface area contributed by atoms with Crippen molar-refractivity contribution in [2.45, 2.75) is 33.4 Å². The van der Waals surface area contributed by atoms with Crippen molar-refractivity contribution >= 4 is 23.2 Å². The van der Waals surface area contributed by atoms with Gasteiger partial charge in [0.2, 0.25) is 0 Å². The number of carbonyl (C=O) groups is 2. The second kappa shape index (κ2) is 6.53. The van der Waals surface area contributed by atoms with Gasteiger partial charge < -0.3 is 14.6 Å². The van der Waals surface area contributed by atoms with Crippen LogP contribution in [0.15, 0.2) is 22.0 Å². The lowest BCUT2D eigenvalue weighted by Crippen LogP contribution is -2.35.